The highest BCUT2D eigenvalue weighted by Gasteiger charge is 2.68. The molecule has 3 atom stereocenters. The minimum atomic E-state index is -0.137. The summed E-state index contributed by atoms with van der Waals surface area (Å²) in [7, 11) is 0. The van der Waals surface area contributed by atoms with E-state index in [4.69, 9.17) is 4.74 Å². The van der Waals surface area contributed by atoms with Crippen LogP contribution in [0.25, 0.3) is 0 Å². The Balaban J connectivity index is 1.55. The van der Waals surface area contributed by atoms with E-state index in [9.17, 15) is 4.79 Å². The highest BCUT2D eigenvalue weighted by atomic mass is 16.6. The molecule has 6 aliphatic carbocycles. The van der Waals surface area contributed by atoms with Gasteiger partial charge in [-0.3, -0.25) is 0 Å². The van der Waals surface area contributed by atoms with E-state index in [1.54, 1.807) is 0 Å². The predicted molar refractivity (Wildman–Crippen MR) is 89.7 cm³/mol. The third kappa shape index (κ3) is 1.90. The lowest BCUT2D eigenvalue weighted by Crippen LogP contribution is -2.62. The summed E-state index contributed by atoms with van der Waals surface area (Å²) in [4.78, 5) is 12.6. The van der Waals surface area contributed by atoms with Gasteiger partial charge in [0.25, 0.3) is 0 Å². The Bertz CT molecular complexity index is 527. The van der Waals surface area contributed by atoms with Crippen LogP contribution < -0.4 is 0 Å². The fourth-order valence-corrected chi connectivity index (χ4v) is 8.04. The van der Waals surface area contributed by atoms with Gasteiger partial charge in [0.2, 0.25) is 0 Å². The molecule has 6 rings (SSSR count). The Morgan fingerprint density at radius 1 is 0.913 bits per heavy atom. The predicted octanol–water partition coefficient (Wildman–Crippen LogP) is 4.88. The summed E-state index contributed by atoms with van der Waals surface area (Å²) in [6.07, 6.45) is 13.5. The molecule has 0 spiro atoms. The lowest BCUT2D eigenvalue weighted by molar-refractivity contribution is -0.222. The molecule has 6 fully saturated rings. The molecule has 0 N–H and O–H groups in total. The van der Waals surface area contributed by atoms with Crippen molar-refractivity contribution < 1.29 is 9.53 Å². The molecule has 2 heteroatoms. The molecule has 2 nitrogen and oxygen atoms in total. The average molecular weight is 314 g/mol. The van der Waals surface area contributed by atoms with E-state index >= 15 is 0 Å². The van der Waals surface area contributed by atoms with Crippen LogP contribution in [0.3, 0.4) is 0 Å². The zero-order chi connectivity index (χ0) is 15.8. The molecule has 3 unspecified atom stereocenters. The van der Waals surface area contributed by atoms with E-state index in [0.717, 1.165) is 30.1 Å². The van der Waals surface area contributed by atoms with Crippen LogP contribution in [0.4, 0.5) is 0 Å². The molecule has 6 aliphatic rings. The molecule has 0 aliphatic heterocycles. The van der Waals surface area contributed by atoms with Crippen molar-refractivity contribution in [3.05, 3.63) is 12.2 Å². The summed E-state index contributed by atoms with van der Waals surface area (Å²) in [6.45, 7) is 5.67. The minimum absolute atomic E-state index is 0.117. The van der Waals surface area contributed by atoms with Crippen molar-refractivity contribution in [2.24, 2.45) is 35.0 Å². The highest BCUT2D eigenvalue weighted by molar-refractivity contribution is 5.87. The maximum absolute atomic E-state index is 12.6. The third-order valence-electron chi connectivity index (χ3n) is 8.35. The minimum Gasteiger partial charge on any atom is -0.455 e. The number of hydrogen-bond donors (Lipinski definition) is 0. The Kier molecular flexibility index (Phi) is 2.93. The lowest BCUT2D eigenvalue weighted by atomic mass is 9.43. The molecular formula is C21H30O2. The van der Waals surface area contributed by atoms with Crippen molar-refractivity contribution in [1.82, 2.24) is 0 Å². The van der Waals surface area contributed by atoms with Gasteiger partial charge in [0, 0.05) is 11.0 Å². The van der Waals surface area contributed by atoms with E-state index in [1.165, 1.54) is 57.8 Å². The van der Waals surface area contributed by atoms with E-state index in [0.29, 0.717) is 16.9 Å². The van der Waals surface area contributed by atoms with Gasteiger partial charge < -0.3 is 4.74 Å². The first-order valence-electron chi connectivity index (χ1n) is 9.88. The van der Waals surface area contributed by atoms with Gasteiger partial charge in [0.15, 0.2) is 0 Å². The number of carbonyl (C=O) groups is 1. The first kappa shape index (κ1) is 14.5. The third-order valence-corrected chi connectivity index (χ3v) is 8.35. The molecule has 6 bridgehead atoms. The van der Waals surface area contributed by atoms with Crippen LogP contribution in [-0.4, -0.2) is 11.6 Å². The van der Waals surface area contributed by atoms with Crippen LogP contribution in [0.5, 0.6) is 0 Å². The van der Waals surface area contributed by atoms with Gasteiger partial charge in [-0.25, -0.2) is 4.79 Å². The van der Waals surface area contributed by atoms with Crippen molar-refractivity contribution in [2.45, 2.75) is 76.7 Å². The number of rotatable bonds is 3. The first-order chi connectivity index (χ1) is 11.0. The maximum Gasteiger partial charge on any atom is 0.333 e. The van der Waals surface area contributed by atoms with Crippen LogP contribution in [0, 0.1) is 35.0 Å². The second kappa shape index (κ2) is 4.64. The number of ether oxygens (including phenoxy) is 1. The monoisotopic (exact) mass is 314 g/mol. The van der Waals surface area contributed by atoms with Crippen molar-refractivity contribution in [2.75, 3.05) is 0 Å². The van der Waals surface area contributed by atoms with Gasteiger partial charge >= 0.3 is 5.97 Å². The van der Waals surface area contributed by atoms with Crippen LogP contribution in [0.2, 0.25) is 0 Å². The quantitative estimate of drug-likeness (QED) is 0.548. The van der Waals surface area contributed by atoms with Crippen molar-refractivity contribution in [3.63, 3.8) is 0 Å². The Morgan fingerprint density at radius 2 is 1.52 bits per heavy atom. The number of esters is 1. The largest absolute Gasteiger partial charge is 0.455 e. The van der Waals surface area contributed by atoms with Gasteiger partial charge in [-0.15, -0.1) is 0 Å². The van der Waals surface area contributed by atoms with E-state index in [2.05, 4.69) is 6.58 Å². The molecular weight excluding hydrogens is 284 g/mol. The maximum atomic E-state index is 12.6. The molecule has 23 heavy (non-hydrogen) atoms. The summed E-state index contributed by atoms with van der Waals surface area (Å²) in [5.41, 5.74) is 0.756. The highest BCUT2D eigenvalue weighted by Crippen LogP contribution is 2.71. The summed E-state index contributed by atoms with van der Waals surface area (Å²) in [5.74, 6) is 4.08. The van der Waals surface area contributed by atoms with E-state index in [1.807, 2.05) is 6.92 Å². The molecule has 0 heterocycles. The van der Waals surface area contributed by atoms with Gasteiger partial charge in [-0.1, -0.05) is 6.58 Å². The molecule has 0 aromatic carbocycles. The summed E-state index contributed by atoms with van der Waals surface area (Å²) >= 11 is 0. The number of fused-ring (bicyclic) bond motifs is 2. The molecule has 126 valence electrons. The van der Waals surface area contributed by atoms with Gasteiger partial charge in [-0.05, 0) is 101 Å². The first-order valence-corrected chi connectivity index (χ1v) is 9.88. The summed E-state index contributed by atoms with van der Waals surface area (Å²) < 4.78 is 6.44. The van der Waals surface area contributed by atoms with Gasteiger partial charge in [-0.2, -0.15) is 0 Å². The van der Waals surface area contributed by atoms with Crippen LogP contribution in [-0.2, 0) is 9.53 Å². The average Bonchev–Trinajstić information content (AvgIpc) is 3.07. The summed E-state index contributed by atoms with van der Waals surface area (Å²) in [5, 5.41) is 0. The van der Waals surface area contributed by atoms with E-state index in [-0.39, 0.29) is 11.6 Å². The Hall–Kier alpha value is -0.790. The SMILES string of the molecule is C=C(C)C(=O)OC1(C23CC4CC(CC(C4)C2)C3)CC2CCC1C2. The van der Waals surface area contributed by atoms with Crippen molar-refractivity contribution in [1.29, 1.82) is 0 Å². The second-order valence-corrected chi connectivity index (χ2v) is 9.84. The smallest absolute Gasteiger partial charge is 0.333 e. The molecule has 0 radical (unpaired) electrons. The fraction of sp³-hybridized carbons (Fsp3) is 0.857. The van der Waals surface area contributed by atoms with Crippen LogP contribution in [0.15, 0.2) is 12.2 Å². The molecule has 6 saturated carbocycles. The Labute approximate surface area is 140 Å². The molecule has 0 aromatic heterocycles. The van der Waals surface area contributed by atoms with E-state index < -0.39 is 0 Å². The van der Waals surface area contributed by atoms with Crippen LogP contribution >= 0.6 is 0 Å². The topological polar surface area (TPSA) is 26.3 Å². The normalized spacial score (nSPS) is 52.8. The Morgan fingerprint density at radius 3 is 1.96 bits per heavy atom. The zero-order valence-corrected chi connectivity index (χ0v) is 14.5. The fourth-order valence-electron chi connectivity index (χ4n) is 8.04. The second-order valence-electron chi connectivity index (χ2n) is 9.84. The van der Waals surface area contributed by atoms with Crippen LogP contribution in [0.1, 0.15) is 71.1 Å². The molecule has 0 saturated heterocycles. The summed E-state index contributed by atoms with van der Waals surface area (Å²) in [6, 6.07) is 0. The van der Waals surface area contributed by atoms with Gasteiger partial charge in [0.1, 0.15) is 5.60 Å². The standard InChI is InChI=1S/C21H30O2/c1-13(2)19(22)23-21(12-14-3-4-18(21)8-14)20-9-15-5-16(10-20)7-17(6-15)11-20/h14-18H,1,3-12H2,2H3. The number of carbonyl (C=O) groups excluding carboxylic acids is 1. The van der Waals surface area contributed by atoms with Crippen molar-refractivity contribution in [3.8, 4) is 0 Å². The van der Waals surface area contributed by atoms with Crippen molar-refractivity contribution >= 4 is 5.97 Å². The molecule has 0 amide bonds. The van der Waals surface area contributed by atoms with Gasteiger partial charge in [0.05, 0.1) is 0 Å². The number of hydrogen-bond acceptors (Lipinski definition) is 2. The lowest BCUT2D eigenvalue weighted by Gasteiger charge is -2.64. The zero-order valence-electron chi connectivity index (χ0n) is 14.5. The molecule has 0 aromatic rings.